The summed E-state index contributed by atoms with van der Waals surface area (Å²) in [5.74, 6) is 0.498. The number of anilines is 2. The predicted octanol–water partition coefficient (Wildman–Crippen LogP) is 3.08. The summed E-state index contributed by atoms with van der Waals surface area (Å²) in [5, 5.41) is 4.01. The Labute approximate surface area is 233 Å². The third-order valence-electron chi connectivity index (χ3n) is 8.01. The van der Waals surface area contributed by atoms with Crippen molar-refractivity contribution in [2.24, 2.45) is 5.73 Å². The molecular weight excluding hydrogens is 515 g/mol. The molecule has 0 saturated carbocycles. The van der Waals surface area contributed by atoms with Gasteiger partial charge in [-0.15, -0.1) is 0 Å². The minimum absolute atomic E-state index is 0.0790. The van der Waals surface area contributed by atoms with E-state index >= 15 is 0 Å². The van der Waals surface area contributed by atoms with Crippen molar-refractivity contribution in [2.75, 3.05) is 49.6 Å². The Balaban J connectivity index is 1.20. The molecule has 40 heavy (non-hydrogen) atoms. The van der Waals surface area contributed by atoms with Gasteiger partial charge in [-0.2, -0.15) is 4.98 Å². The predicted molar refractivity (Wildman–Crippen MR) is 148 cm³/mol. The molecule has 4 heterocycles. The normalized spacial score (nSPS) is 20.6. The maximum Gasteiger partial charge on any atom is 0.324 e. The Morgan fingerprint density at radius 3 is 2.62 bits per heavy atom. The molecule has 1 aromatic carbocycles. The van der Waals surface area contributed by atoms with E-state index in [1.165, 1.54) is 6.07 Å². The minimum atomic E-state index is -0.247. The Morgan fingerprint density at radius 2 is 1.95 bits per heavy atom. The standard InChI is InChI=1S/C28H37FN8O3/c1-5-37(20-8-10-35(11-9-20)28-33-25(34-40-28)18(3)39-4)26(38)19-13-31-27(32-14-19)36-15-22(24(30)16-36)21-12-17(2)6-7-23(21)29/h6-7,12-14,18,20,22,24H,5,8-11,15-16,30H2,1-4H3. The fourth-order valence-electron chi connectivity index (χ4n) is 5.59. The lowest BCUT2D eigenvalue weighted by Gasteiger charge is -2.37. The summed E-state index contributed by atoms with van der Waals surface area (Å²) in [6.45, 7) is 8.78. The van der Waals surface area contributed by atoms with E-state index in [2.05, 4.69) is 20.1 Å². The molecule has 0 spiro atoms. The molecule has 12 heteroatoms. The molecule has 2 saturated heterocycles. The average molecular weight is 553 g/mol. The number of aryl methyl sites for hydroxylation is 1. The van der Waals surface area contributed by atoms with Crippen molar-refractivity contribution in [1.29, 1.82) is 0 Å². The molecule has 0 radical (unpaired) electrons. The Bertz CT molecular complexity index is 1310. The van der Waals surface area contributed by atoms with Crippen LogP contribution in [0.25, 0.3) is 0 Å². The molecule has 214 valence electrons. The zero-order chi connectivity index (χ0) is 28.4. The quantitative estimate of drug-likeness (QED) is 0.445. The largest absolute Gasteiger partial charge is 0.374 e. The first-order chi connectivity index (χ1) is 19.3. The highest BCUT2D eigenvalue weighted by Crippen LogP contribution is 2.31. The molecule has 0 bridgehead atoms. The first-order valence-electron chi connectivity index (χ1n) is 13.8. The topological polar surface area (TPSA) is 127 Å². The highest BCUT2D eigenvalue weighted by molar-refractivity contribution is 5.94. The number of carbonyl (C=O) groups excluding carboxylic acids is 1. The average Bonchev–Trinajstić information content (AvgIpc) is 3.62. The summed E-state index contributed by atoms with van der Waals surface area (Å²) in [7, 11) is 1.60. The van der Waals surface area contributed by atoms with Gasteiger partial charge in [-0.3, -0.25) is 4.79 Å². The summed E-state index contributed by atoms with van der Waals surface area (Å²) < 4.78 is 25.2. The van der Waals surface area contributed by atoms with Gasteiger partial charge in [0, 0.05) is 70.2 Å². The number of methoxy groups -OCH3 is 1. The van der Waals surface area contributed by atoms with Gasteiger partial charge >= 0.3 is 6.01 Å². The minimum Gasteiger partial charge on any atom is -0.374 e. The van der Waals surface area contributed by atoms with Crippen LogP contribution in [0.4, 0.5) is 16.4 Å². The molecule has 3 atom stereocenters. The van der Waals surface area contributed by atoms with Crippen LogP contribution in [0.2, 0.25) is 0 Å². The van der Waals surface area contributed by atoms with Crippen LogP contribution in [0, 0.1) is 12.7 Å². The molecule has 2 N–H and O–H groups in total. The van der Waals surface area contributed by atoms with Crippen molar-refractivity contribution in [3.8, 4) is 0 Å². The molecule has 3 unspecified atom stereocenters. The lowest BCUT2D eigenvalue weighted by Crippen LogP contribution is -2.47. The molecule has 2 fully saturated rings. The summed E-state index contributed by atoms with van der Waals surface area (Å²) in [4.78, 5) is 32.7. The maximum atomic E-state index is 14.5. The van der Waals surface area contributed by atoms with E-state index in [-0.39, 0.29) is 35.8 Å². The van der Waals surface area contributed by atoms with Gasteiger partial charge in [0.15, 0.2) is 0 Å². The van der Waals surface area contributed by atoms with E-state index in [0.717, 1.165) is 18.4 Å². The molecule has 2 aromatic heterocycles. The lowest BCUT2D eigenvalue weighted by molar-refractivity contribution is 0.0661. The second-order valence-electron chi connectivity index (χ2n) is 10.6. The number of amides is 1. The number of benzene rings is 1. The van der Waals surface area contributed by atoms with Crippen molar-refractivity contribution < 1.29 is 18.4 Å². The van der Waals surface area contributed by atoms with E-state index in [9.17, 15) is 9.18 Å². The SMILES string of the molecule is CCN(C(=O)c1cnc(N2CC(N)C(c3cc(C)ccc3F)C2)nc1)C1CCN(c2nc(C(C)OC)no2)CC1. The first kappa shape index (κ1) is 27.9. The maximum absolute atomic E-state index is 14.5. The van der Waals surface area contributed by atoms with Gasteiger partial charge in [-0.25, -0.2) is 14.4 Å². The van der Waals surface area contributed by atoms with E-state index in [4.69, 9.17) is 15.0 Å². The van der Waals surface area contributed by atoms with Crippen LogP contribution in [-0.2, 0) is 4.74 Å². The van der Waals surface area contributed by atoms with E-state index in [0.29, 0.717) is 61.6 Å². The Hall–Kier alpha value is -3.64. The van der Waals surface area contributed by atoms with Gasteiger partial charge in [0.1, 0.15) is 11.9 Å². The summed E-state index contributed by atoms with van der Waals surface area (Å²) in [6, 6.07) is 5.41. The van der Waals surface area contributed by atoms with E-state index in [1.54, 1.807) is 25.6 Å². The second kappa shape index (κ2) is 11.8. The van der Waals surface area contributed by atoms with Crippen LogP contribution in [0.1, 0.15) is 66.0 Å². The number of nitrogens with two attached hydrogens (primary N) is 1. The number of ether oxygens (including phenoxy) is 1. The molecule has 2 aliphatic rings. The number of hydrogen-bond acceptors (Lipinski definition) is 10. The van der Waals surface area contributed by atoms with Crippen LogP contribution in [0.3, 0.4) is 0 Å². The molecule has 11 nitrogen and oxygen atoms in total. The summed E-state index contributed by atoms with van der Waals surface area (Å²) >= 11 is 0. The Morgan fingerprint density at radius 1 is 1.23 bits per heavy atom. The molecule has 3 aromatic rings. The Kier molecular flexibility index (Phi) is 8.27. The molecule has 2 aliphatic heterocycles. The monoisotopic (exact) mass is 552 g/mol. The van der Waals surface area contributed by atoms with Gasteiger partial charge in [-0.1, -0.05) is 22.9 Å². The van der Waals surface area contributed by atoms with Crippen LogP contribution < -0.4 is 15.5 Å². The molecule has 5 rings (SSSR count). The van der Waals surface area contributed by atoms with Gasteiger partial charge in [0.25, 0.3) is 5.91 Å². The molecular formula is C28H37FN8O3. The summed E-state index contributed by atoms with van der Waals surface area (Å²) in [5.41, 5.74) is 8.45. The van der Waals surface area contributed by atoms with Crippen molar-refractivity contribution in [1.82, 2.24) is 25.0 Å². The summed E-state index contributed by atoms with van der Waals surface area (Å²) in [6.07, 6.45) is 4.46. The highest BCUT2D eigenvalue weighted by atomic mass is 19.1. The van der Waals surface area contributed by atoms with Gasteiger partial charge in [0.05, 0.1) is 5.56 Å². The number of rotatable bonds is 8. The zero-order valence-corrected chi connectivity index (χ0v) is 23.5. The number of carbonyl (C=O) groups is 1. The van der Waals surface area contributed by atoms with Crippen LogP contribution in [-0.4, -0.2) is 82.8 Å². The van der Waals surface area contributed by atoms with Crippen LogP contribution >= 0.6 is 0 Å². The van der Waals surface area contributed by atoms with Crippen molar-refractivity contribution >= 4 is 17.9 Å². The number of piperidine rings is 1. The second-order valence-corrected chi connectivity index (χ2v) is 10.6. The van der Waals surface area contributed by atoms with Gasteiger partial charge in [0.2, 0.25) is 11.8 Å². The smallest absolute Gasteiger partial charge is 0.324 e. The molecule has 1 amide bonds. The van der Waals surface area contributed by atoms with Crippen LogP contribution in [0.15, 0.2) is 35.1 Å². The zero-order valence-electron chi connectivity index (χ0n) is 23.5. The van der Waals surface area contributed by atoms with Gasteiger partial charge in [-0.05, 0) is 45.2 Å². The van der Waals surface area contributed by atoms with Gasteiger partial charge < -0.3 is 29.7 Å². The van der Waals surface area contributed by atoms with E-state index < -0.39 is 0 Å². The third-order valence-corrected chi connectivity index (χ3v) is 8.01. The number of nitrogens with zero attached hydrogens (tertiary/aromatic N) is 7. The number of hydrogen-bond donors (Lipinski definition) is 1. The fraction of sp³-hybridized carbons (Fsp3) is 0.536. The van der Waals surface area contributed by atoms with E-state index in [1.807, 2.05) is 41.5 Å². The highest BCUT2D eigenvalue weighted by Gasteiger charge is 2.35. The van der Waals surface area contributed by atoms with Crippen molar-refractivity contribution in [3.05, 3.63) is 58.9 Å². The first-order valence-corrected chi connectivity index (χ1v) is 13.8. The number of halogens is 1. The van der Waals surface area contributed by atoms with Crippen molar-refractivity contribution in [2.45, 2.75) is 57.7 Å². The lowest BCUT2D eigenvalue weighted by atomic mass is 9.93. The molecule has 0 aliphatic carbocycles. The van der Waals surface area contributed by atoms with Crippen LogP contribution in [0.5, 0.6) is 0 Å². The third kappa shape index (κ3) is 5.64. The van der Waals surface area contributed by atoms with Crippen molar-refractivity contribution in [3.63, 3.8) is 0 Å². The number of aromatic nitrogens is 4. The fourth-order valence-corrected chi connectivity index (χ4v) is 5.59.